The highest BCUT2D eigenvalue weighted by Crippen LogP contribution is 2.31. The molecule has 0 saturated heterocycles. The fourth-order valence-electron chi connectivity index (χ4n) is 2.48. The van der Waals surface area contributed by atoms with Gasteiger partial charge in [-0.15, -0.1) is 5.10 Å². The standard InChI is InChI=1S/C17H19ClN4O2/c1-17(2,3)14-13(18)16-19-15(21-22(16)20-14)11-7-5-6-10(8-11)9-12(23)24-4/h5-8,20H,9H2,1-4H3. The number of rotatable bonds is 3. The summed E-state index contributed by atoms with van der Waals surface area (Å²) in [4.78, 5) is 16.0. The molecule has 0 saturated carbocycles. The van der Waals surface area contributed by atoms with Crippen molar-refractivity contribution in [1.82, 2.24) is 19.8 Å². The first-order valence-corrected chi connectivity index (χ1v) is 7.98. The minimum absolute atomic E-state index is 0.125. The number of esters is 1. The number of nitrogens with one attached hydrogen (secondary N) is 1. The number of benzene rings is 1. The molecule has 2 aromatic heterocycles. The van der Waals surface area contributed by atoms with Gasteiger partial charge in [-0.3, -0.25) is 9.89 Å². The quantitative estimate of drug-likeness (QED) is 0.738. The van der Waals surface area contributed by atoms with Gasteiger partial charge in [0.15, 0.2) is 11.5 Å². The Morgan fingerprint density at radius 2 is 2.12 bits per heavy atom. The Balaban J connectivity index is 1.99. The Labute approximate surface area is 144 Å². The van der Waals surface area contributed by atoms with E-state index in [2.05, 4.69) is 36.0 Å². The summed E-state index contributed by atoms with van der Waals surface area (Å²) >= 11 is 6.45. The van der Waals surface area contributed by atoms with Crippen molar-refractivity contribution in [1.29, 1.82) is 0 Å². The Morgan fingerprint density at radius 3 is 2.75 bits per heavy atom. The summed E-state index contributed by atoms with van der Waals surface area (Å²) in [6.45, 7) is 6.21. The number of fused-ring (bicyclic) bond motifs is 1. The number of carbonyl (C=O) groups excluding carboxylic acids is 1. The van der Waals surface area contributed by atoms with Gasteiger partial charge in [-0.2, -0.15) is 4.63 Å². The minimum atomic E-state index is -0.282. The molecule has 0 fully saturated rings. The van der Waals surface area contributed by atoms with E-state index in [-0.39, 0.29) is 17.8 Å². The number of hydrogen-bond acceptors (Lipinski definition) is 4. The van der Waals surface area contributed by atoms with Gasteiger partial charge < -0.3 is 4.74 Å². The van der Waals surface area contributed by atoms with Crippen LogP contribution < -0.4 is 0 Å². The summed E-state index contributed by atoms with van der Waals surface area (Å²) in [5.41, 5.74) is 3.03. The molecule has 0 aliphatic carbocycles. The summed E-state index contributed by atoms with van der Waals surface area (Å²) in [6, 6.07) is 7.51. The van der Waals surface area contributed by atoms with Crippen LogP contribution in [0, 0.1) is 0 Å². The van der Waals surface area contributed by atoms with Crippen LogP contribution in [0.15, 0.2) is 24.3 Å². The fraction of sp³-hybridized carbons (Fsp3) is 0.353. The van der Waals surface area contributed by atoms with Crippen LogP contribution in [-0.2, 0) is 21.4 Å². The SMILES string of the molecule is COC(=O)Cc1cccc(-c2nc3c(Cl)c(C(C)(C)C)[nH]n3n2)c1. The molecule has 24 heavy (non-hydrogen) atoms. The normalized spacial score (nSPS) is 11.9. The Kier molecular flexibility index (Phi) is 4.09. The number of methoxy groups -OCH3 is 1. The van der Waals surface area contributed by atoms with Crippen LogP contribution in [0.5, 0.6) is 0 Å². The van der Waals surface area contributed by atoms with Crippen molar-refractivity contribution in [3.05, 3.63) is 40.5 Å². The monoisotopic (exact) mass is 346 g/mol. The maximum atomic E-state index is 11.4. The molecule has 0 atom stereocenters. The molecule has 7 heteroatoms. The average molecular weight is 347 g/mol. The highest BCUT2D eigenvalue weighted by molar-refractivity contribution is 6.34. The van der Waals surface area contributed by atoms with Crippen molar-refractivity contribution in [2.75, 3.05) is 7.11 Å². The van der Waals surface area contributed by atoms with Gasteiger partial charge >= 0.3 is 5.97 Å². The van der Waals surface area contributed by atoms with Crippen molar-refractivity contribution >= 4 is 23.2 Å². The molecule has 6 nitrogen and oxygen atoms in total. The summed E-state index contributed by atoms with van der Waals surface area (Å²) < 4.78 is 6.29. The molecule has 0 amide bonds. The van der Waals surface area contributed by atoms with Crippen molar-refractivity contribution < 1.29 is 9.53 Å². The smallest absolute Gasteiger partial charge is 0.309 e. The zero-order valence-electron chi connectivity index (χ0n) is 14.1. The van der Waals surface area contributed by atoms with Gasteiger partial charge in [-0.25, -0.2) is 4.98 Å². The molecule has 3 rings (SSSR count). The maximum Gasteiger partial charge on any atom is 0.309 e. The van der Waals surface area contributed by atoms with Crippen LogP contribution in [0.2, 0.25) is 5.02 Å². The van der Waals surface area contributed by atoms with Crippen molar-refractivity contribution in [2.45, 2.75) is 32.6 Å². The highest BCUT2D eigenvalue weighted by atomic mass is 35.5. The number of hydrogen-bond donors (Lipinski definition) is 1. The number of aromatic amines is 1. The van der Waals surface area contributed by atoms with Crippen LogP contribution in [0.25, 0.3) is 17.0 Å². The second-order valence-corrected chi connectivity index (χ2v) is 7.05. The Morgan fingerprint density at radius 1 is 1.38 bits per heavy atom. The molecule has 0 aliphatic rings. The number of aromatic nitrogens is 4. The zero-order valence-corrected chi connectivity index (χ0v) is 14.8. The second-order valence-electron chi connectivity index (χ2n) is 6.67. The van der Waals surface area contributed by atoms with E-state index >= 15 is 0 Å². The third-order valence-corrected chi connectivity index (χ3v) is 4.11. The van der Waals surface area contributed by atoms with Crippen molar-refractivity contribution in [3.63, 3.8) is 0 Å². The fourth-order valence-corrected chi connectivity index (χ4v) is 2.93. The lowest BCUT2D eigenvalue weighted by atomic mass is 9.92. The summed E-state index contributed by atoms with van der Waals surface area (Å²) in [5.74, 6) is 0.269. The summed E-state index contributed by atoms with van der Waals surface area (Å²) in [6.07, 6.45) is 0.213. The van der Waals surface area contributed by atoms with E-state index in [4.69, 9.17) is 16.3 Å². The molecule has 0 bridgehead atoms. The highest BCUT2D eigenvalue weighted by Gasteiger charge is 2.24. The number of nitrogens with zero attached hydrogens (tertiary/aromatic N) is 3. The zero-order chi connectivity index (χ0) is 17.5. The van der Waals surface area contributed by atoms with Crippen LogP contribution in [-0.4, -0.2) is 32.9 Å². The van der Waals surface area contributed by atoms with Crippen LogP contribution in [0.1, 0.15) is 32.0 Å². The van der Waals surface area contributed by atoms with Gasteiger partial charge in [0.25, 0.3) is 0 Å². The topological polar surface area (TPSA) is 72.3 Å². The van der Waals surface area contributed by atoms with Crippen LogP contribution in [0.4, 0.5) is 0 Å². The first-order valence-electron chi connectivity index (χ1n) is 7.60. The van der Waals surface area contributed by atoms with Crippen molar-refractivity contribution in [2.24, 2.45) is 0 Å². The molecule has 0 unspecified atom stereocenters. The summed E-state index contributed by atoms with van der Waals surface area (Å²) in [5, 5.41) is 8.23. The van der Waals surface area contributed by atoms with Crippen LogP contribution in [0.3, 0.4) is 0 Å². The van der Waals surface area contributed by atoms with Gasteiger partial charge in [0.2, 0.25) is 0 Å². The van der Waals surface area contributed by atoms with Gasteiger partial charge in [0.1, 0.15) is 5.02 Å². The van der Waals surface area contributed by atoms with E-state index in [9.17, 15) is 4.79 Å². The lowest BCUT2D eigenvalue weighted by molar-refractivity contribution is -0.139. The molecular formula is C17H19ClN4O2. The van der Waals surface area contributed by atoms with E-state index < -0.39 is 0 Å². The predicted molar refractivity (Wildman–Crippen MR) is 92.2 cm³/mol. The van der Waals surface area contributed by atoms with E-state index in [0.717, 1.165) is 16.8 Å². The lowest BCUT2D eigenvalue weighted by Gasteiger charge is -2.16. The molecule has 2 heterocycles. The van der Waals surface area contributed by atoms with E-state index in [1.165, 1.54) is 7.11 Å². The average Bonchev–Trinajstić information content (AvgIpc) is 3.07. The van der Waals surface area contributed by atoms with Crippen LogP contribution >= 0.6 is 11.6 Å². The van der Waals surface area contributed by atoms with Crippen molar-refractivity contribution in [3.8, 4) is 11.4 Å². The lowest BCUT2D eigenvalue weighted by Crippen LogP contribution is -2.13. The summed E-state index contributed by atoms with van der Waals surface area (Å²) in [7, 11) is 1.38. The second kappa shape index (κ2) is 5.94. The number of carbonyl (C=O) groups is 1. The van der Waals surface area contributed by atoms with Gasteiger partial charge in [0, 0.05) is 11.0 Å². The number of ether oxygens (including phenoxy) is 1. The predicted octanol–water partition coefficient (Wildman–Crippen LogP) is 3.39. The number of halogens is 1. The number of H-pyrrole nitrogens is 1. The third kappa shape index (κ3) is 3.01. The van der Waals surface area contributed by atoms with Gasteiger partial charge in [-0.1, -0.05) is 50.6 Å². The van der Waals surface area contributed by atoms with E-state index in [1.807, 2.05) is 24.3 Å². The molecular weight excluding hydrogens is 328 g/mol. The van der Waals surface area contributed by atoms with Gasteiger partial charge in [-0.05, 0) is 11.6 Å². The Bertz CT molecular complexity index is 905. The molecule has 3 aromatic rings. The molecule has 0 radical (unpaired) electrons. The third-order valence-electron chi connectivity index (χ3n) is 3.75. The molecule has 0 aliphatic heterocycles. The van der Waals surface area contributed by atoms with Gasteiger partial charge in [0.05, 0.1) is 19.2 Å². The largest absolute Gasteiger partial charge is 0.469 e. The van der Waals surface area contributed by atoms with E-state index in [1.54, 1.807) is 4.63 Å². The first kappa shape index (κ1) is 16.5. The molecule has 1 aromatic carbocycles. The minimum Gasteiger partial charge on any atom is -0.469 e. The molecule has 126 valence electrons. The molecule has 0 spiro atoms. The van der Waals surface area contributed by atoms with E-state index in [0.29, 0.717) is 16.5 Å². The Hall–Kier alpha value is -2.34. The maximum absolute atomic E-state index is 11.4. The molecule has 1 N–H and O–H groups in total. The first-order chi connectivity index (χ1) is 11.3.